The summed E-state index contributed by atoms with van der Waals surface area (Å²) in [7, 11) is 0. The van der Waals surface area contributed by atoms with Crippen LogP contribution in [0.4, 0.5) is 0 Å². The number of carbonyl (C=O) groups excluding carboxylic acids is 2. The molecule has 1 heterocycles. The molecule has 1 unspecified atom stereocenters. The van der Waals surface area contributed by atoms with Gasteiger partial charge >= 0.3 is 5.97 Å². The molecule has 126 valence electrons. The second-order valence-electron chi connectivity index (χ2n) is 5.12. The number of hydrogen-bond donors (Lipinski definition) is 0. The number of amides is 1. The van der Waals surface area contributed by atoms with Crippen LogP contribution in [-0.4, -0.2) is 42.3 Å². The molecule has 1 amide bonds. The molecule has 1 saturated heterocycles. The summed E-state index contributed by atoms with van der Waals surface area (Å²) in [6, 6.07) is 7.81. The van der Waals surface area contributed by atoms with Crippen molar-refractivity contribution < 1.29 is 19.1 Å². The van der Waals surface area contributed by atoms with Gasteiger partial charge in [0.2, 0.25) is 5.91 Å². The van der Waals surface area contributed by atoms with Gasteiger partial charge in [-0.15, -0.1) is 11.8 Å². The Balaban J connectivity index is 2.06. The van der Waals surface area contributed by atoms with E-state index in [1.807, 2.05) is 31.2 Å². The van der Waals surface area contributed by atoms with E-state index < -0.39 is 0 Å². The number of hydrogen-bond acceptors (Lipinski definition) is 5. The van der Waals surface area contributed by atoms with Crippen LogP contribution in [0.3, 0.4) is 0 Å². The van der Waals surface area contributed by atoms with Gasteiger partial charge in [-0.3, -0.25) is 9.59 Å². The third kappa shape index (κ3) is 4.89. The lowest BCUT2D eigenvalue weighted by atomic mass is 10.1. The zero-order valence-corrected chi connectivity index (χ0v) is 14.4. The van der Waals surface area contributed by atoms with Gasteiger partial charge in [-0.2, -0.15) is 0 Å². The van der Waals surface area contributed by atoms with Crippen LogP contribution < -0.4 is 4.74 Å². The molecule has 0 N–H and O–H groups in total. The highest BCUT2D eigenvalue weighted by atomic mass is 32.2. The van der Waals surface area contributed by atoms with Crippen LogP contribution >= 0.6 is 11.8 Å². The van der Waals surface area contributed by atoms with Crippen LogP contribution in [0.15, 0.2) is 24.3 Å². The van der Waals surface area contributed by atoms with E-state index in [2.05, 4.69) is 0 Å². The summed E-state index contributed by atoms with van der Waals surface area (Å²) >= 11 is 1.72. The second-order valence-corrected chi connectivity index (χ2v) is 6.31. The van der Waals surface area contributed by atoms with Crippen molar-refractivity contribution in [1.29, 1.82) is 0 Å². The molecule has 1 fully saturated rings. The molecule has 23 heavy (non-hydrogen) atoms. The summed E-state index contributed by atoms with van der Waals surface area (Å²) in [6.45, 7) is 5.11. The van der Waals surface area contributed by atoms with Crippen LogP contribution in [0.1, 0.15) is 37.6 Å². The van der Waals surface area contributed by atoms with Gasteiger partial charge < -0.3 is 14.4 Å². The van der Waals surface area contributed by atoms with E-state index in [0.717, 1.165) is 17.1 Å². The van der Waals surface area contributed by atoms with Gasteiger partial charge in [0, 0.05) is 18.7 Å². The number of carbonyl (C=O) groups is 2. The summed E-state index contributed by atoms with van der Waals surface area (Å²) in [5.41, 5.74) is 1.05. The molecule has 0 spiro atoms. The third-order valence-corrected chi connectivity index (χ3v) is 4.82. The largest absolute Gasteiger partial charge is 0.494 e. The Bertz CT molecular complexity index is 532. The van der Waals surface area contributed by atoms with Crippen LogP contribution in [0, 0.1) is 0 Å². The van der Waals surface area contributed by atoms with Gasteiger partial charge in [0.05, 0.1) is 19.6 Å². The highest BCUT2D eigenvalue weighted by Crippen LogP contribution is 2.37. The topological polar surface area (TPSA) is 55.8 Å². The van der Waals surface area contributed by atoms with Gasteiger partial charge in [0.1, 0.15) is 11.1 Å². The molecule has 5 nitrogen and oxygen atoms in total. The van der Waals surface area contributed by atoms with E-state index in [1.54, 1.807) is 23.6 Å². The number of ether oxygens (including phenoxy) is 2. The van der Waals surface area contributed by atoms with Gasteiger partial charge in [0.15, 0.2) is 0 Å². The van der Waals surface area contributed by atoms with Crippen molar-refractivity contribution in [3.63, 3.8) is 0 Å². The Kier molecular flexibility index (Phi) is 6.77. The molecule has 1 atom stereocenters. The lowest BCUT2D eigenvalue weighted by Gasteiger charge is -2.35. The Morgan fingerprint density at radius 2 is 2.00 bits per heavy atom. The van der Waals surface area contributed by atoms with E-state index in [4.69, 9.17) is 9.47 Å². The van der Waals surface area contributed by atoms with E-state index in [0.29, 0.717) is 26.2 Å². The first-order valence-electron chi connectivity index (χ1n) is 7.95. The smallest absolute Gasteiger partial charge is 0.307 e. The number of nitrogens with zero attached hydrogens (tertiary/aromatic N) is 1. The van der Waals surface area contributed by atoms with Crippen molar-refractivity contribution in [2.75, 3.05) is 25.5 Å². The highest BCUT2D eigenvalue weighted by Gasteiger charge is 2.30. The molecule has 1 aliphatic rings. The summed E-state index contributed by atoms with van der Waals surface area (Å²) in [5, 5.41) is -0.0543. The second kappa shape index (κ2) is 8.82. The molecule has 1 aromatic carbocycles. The van der Waals surface area contributed by atoms with Crippen molar-refractivity contribution in [3.05, 3.63) is 29.8 Å². The maximum absolute atomic E-state index is 12.3. The van der Waals surface area contributed by atoms with Crippen LogP contribution in [-0.2, 0) is 14.3 Å². The van der Waals surface area contributed by atoms with E-state index >= 15 is 0 Å². The van der Waals surface area contributed by atoms with Crippen molar-refractivity contribution >= 4 is 23.6 Å². The molecule has 2 rings (SSSR count). The first kappa shape index (κ1) is 17.7. The quantitative estimate of drug-likeness (QED) is 0.716. The van der Waals surface area contributed by atoms with Gasteiger partial charge in [-0.05, 0) is 31.5 Å². The van der Waals surface area contributed by atoms with E-state index in [9.17, 15) is 9.59 Å². The first-order chi connectivity index (χ1) is 11.2. The van der Waals surface area contributed by atoms with Crippen molar-refractivity contribution in [2.24, 2.45) is 0 Å². The molecule has 6 heteroatoms. The van der Waals surface area contributed by atoms with Gasteiger partial charge in [-0.25, -0.2) is 0 Å². The molecule has 0 bridgehead atoms. The molecule has 1 aromatic rings. The first-order valence-corrected chi connectivity index (χ1v) is 9.00. The third-order valence-electron chi connectivity index (χ3n) is 3.53. The Morgan fingerprint density at radius 1 is 1.26 bits per heavy atom. The summed E-state index contributed by atoms with van der Waals surface area (Å²) in [6.07, 6.45) is 0.745. The zero-order valence-electron chi connectivity index (χ0n) is 13.6. The summed E-state index contributed by atoms with van der Waals surface area (Å²) in [5.74, 6) is 1.45. The minimum Gasteiger partial charge on any atom is -0.494 e. The summed E-state index contributed by atoms with van der Waals surface area (Å²) in [4.78, 5) is 25.6. The maximum atomic E-state index is 12.3. The van der Waals surface area contributed by atoms with Gasteiger partial charge in [-0.1, -0.05) is 12.1 Å². The Morgan fingerprint density at radius 3 is 2.65 bits per heavy atom. The monoisotopic (exact) mass is 337 g/mol. The minimum absolute atomic E-state index is 0.0543. The fourth-order valence-corrected chi connectivity index (χ4v) is 3.75. The Hall–Kier alpha value is -1.69. The SMILES string of the molecule is CCOC(=O)CCN1C(=O)CCSC1c1ccc(OCC)cc1. The number of esters is 1. The average Bonchev–Trinajstić information content (AvgIpc) is 2.55. The zero-order chi connectivity index (χ0) is 16.7. The Labute approximate surface area is 141 Å². The van der Waals surface area contributed by atoms with Gasteiger partial charge in [0.25, 0.3) is 0 Å². The number of thioether (sulfide) groups is 1. The lowest BCUT2D eigenvalue weighted by molar-refractivity contribution is -0.144. The minimum atomic E-state index is -0.263. The van der Waals surface area contributed by atoms with Crippen molar-refractivity contribution in [1.82, 2.24) is 4.90 Å². The molecular formula is C17H23NO4S. The standard InChI is InChI=1S/C17H23NO4S/c1-3-21-14-7-5-13(6-8-14)17-18(15(19)10-12-23-17)11-9-16(20)22-4-2/h5-8,17H,3-4,9-12H2,1-2H3. The summed E-state index contributed by atoms with van der Waals surface area (Å²) < 4.78 is 10.4. The molecule has 0 saturated carbocycles. The van der Waals surface area contributed by atoms with Crippen molar-refractivity contribution in [2.45, 2.75) is 32.1 Å². The predicted octanol–water partition coefficient (Wildman–Crippen LogP) is 3.00. The molecule has 1 aliphatic heterocycles. The number of benzene rings is 1. The molecule has 0 aromatic heterocycles. The molecule has 0 radical (unpaired) electrons. The lowest BCUT2D eigenvalue weighted by Crippen LogP contribution is -2.38. The maximum Gasteiger partial charge on any atom is 0.307 e. The van der Waals surface area contributed by atoms with Crippen molar-refractivity contribution in [3.8, 4) is 5.75 Å². The average molecular weight is 337 g/mol. The fourth-order valence-electron chi connectivity index (χ4n) is 2.48. The van der Waals surface area contributed by atoms with Crippen LogP contribution in [0.25, 0.3) is 0 Å². The highest BCUT2D eigenvalue weighted by molar-refractivity contribution is 7.99. The van der Waals surface area contributed by atoms with E-state index in [-0.39, 0.29) is 23.7 Å². The number of rotatable bonds is 7. The normalized spacial score (nSPS) is 17.9. The molecule has 0 aliphatic carbocycles. The molecular weight excluding hydrogens is 314 g/mol. The van der Waals surface area contributed by atoms with E-state index in [1.165, 1.54) is 0 Å². The fraction of sp³-hybridized carbons (Fsp3) is 0.529. The predicted molar refractivity (Wildman–Crippen MR) is 90.4 cm³/mol. The van der Waals surface area contributed by atoms with Crippen LogP contribution in [0.2, 0.25) is 0 Å². The van der Waals surface area contributed by atoms with Crippen LogP contribution in [0.5, 0.6) is 5.75 Å².